The Morgan fingerprint density at radius 2 is 1.73 bits per heavy atom. The van der Waals surface area contributed by atoms with E-state index in [0.29, 0.717) is 28.0 Å². The van der Waals surface area contributed by atoms with E-state index in [-0.39, 0.29) is 5.56 Å². The maximum Gasteiger partial charge on any atom is 0.349 e. The van der Waals surface area contributed by atoms with Crippen LogP contribution in [-0.4, -0.2) is 26.1 Å². The van der Waals surface area contributed by atoms with Crippen molar-refractivity contribution in [2.45, 2.75) is 0 Å². The average Bonchev–Trinajstić information content (AvgIpc) is 2.66. The van der Waals surface area contributed by atoms with Gasteiger partial charge in [0.05, 0.1) is 19.8 Å². The first kappa shape index (κ1) is 17.2. The summed E-state index contributed by atoms with van der Waals surface area (Å²) >= 11 is 0. The van der Waals surface area contributed by atoms with Crippen molar-refractivity contribution in [1.82, 2.24) is 0 Å². The van der Waals surface area contributed by atoms with E-state index in [0.717, 1.165) is 0 Å². The fourth-order valence-corrected chi connectivity index (χ4v) is 2.38. The highest BCUT2D eigenvalue weighted by Gasteiger charge is 2.15. The SMILES string of the molecule is COC(=O)c1ccc(NC(=O)c2cc3ccc(OC)cc3oc2=O)cc1. The van der Waals surface area contributed by atoms with Gasteiger partial charge in [-0.2, -0.15) is 0 Å². The first-order chi connectivity index (χ1) is 12.5. The van der Waals surface area contributed by atoms with Crippen LogP contribution < -0.4 is 15.7 Å². The van der Waals surface area contributed by atoms with Crippen LogP contribution >= 0.6 is 0 Å². The molecule has 1 amide bonds. The van der Waals surface area contributed by atoms with Crippen LogP contribution in [0.5, 0.6) is 5.75 Å². The van der Waals surface area contributed by atoms with Crippen molar-refractivity contribution >= 4 is 28.5 Å². The minimum atomic E-state index is -0.755. The van der Waals surface area contributed by atoms with Crippen molar-refractivity contribution in [3.63, 3.8) is 0 Å². The van der Waals surface area contributed by atoms with E-state index in [2.05, 4.69) is 10.1 Å². The number of hydrogen-bond acceptors (Lipinski definition) is 6. The lowest BCUT2D eigenvalue weighted by Gasteiger charge is -2.07. The van der Waals surface area contributed by atoms with E-state index in [1.54, 1.807) is 18.2 Å². The van der Waals surface area contributed by atoms with Gasteiger partial charge < -0.3 is 19.2 Å². The Morgan fingerprint density at radius 1 is 1.00 bits per heavy atom. The lowest BCUT2D eigenvalue weighted by Crippen LogP contribution is -2.20. The van der Waals surface area contributed by atoms with Crippen molar-refractivity contribution in [2.75, 3.05) is 19.5 Å². The second-order valence-corrected chi connectivity index (χ2v) is 5.37. The van der Waals surface area contributed by atoms with Crippen LogP contribution in [0.3, 0.4) is 0 Å². The molecule has 132 valence electrons. The molecule has 7 nitrogen and oxygen atoms in total. The van der Waals surface area contributed by atoms with Gasteiger partial charge in [-0.25, -0.2) is 9.59 Å². The number of nitrogens with one attached hydrogen (secondary N) is 1. The molecular formula is C19H15NO6. The number of rotatable bonds is 4. The molecule has 1 aromatic heterocycles. The molecule has 0 bridgehead atoms. The normalized spacial score (nSPS) is 10.4. The first-order valence-electron chi connectivity index (χ1n) is 7.63. The molecule has 0 aliphatic rings. The van der Waals surface area contributed by atoms with Gasteiger partial charge in [-0.05, 0) is 42.5 Å². The number of anilines is 1. The summed E-state index contributed by atoms with van der Waals surface area (Å²) in [7, 11) is 2.79. The first-order valence-corrected chi connectivity index (χ1v) is 7.63. The number of hydrogen-bond donors (Lipinski definition) is 1. The summed E-state index contributed by atoms with van der Waals surface area (Å²) in [6.45, 7) is 0. The minimum Gasteiger partial charge on any atom is -0.497 e. The van der Waals surface area contributed by atoms with Crippen molar-refractivity contribution in [3.8, 4) is 5.75 Å². The highest BCUT2D eigenvalue weighted by molar-refractivity contribution is 6.05. The molecule has 3 rings (SSSR count). The Hall–Kier alpha value is -3.61. The number of methoxy groups -OCH3 is 2. The monoisotopic (exact) mass is 353 g/mol. The van der Waals surface area contributed by atoms with E-state index in [1.807, 2.05) is 0 Å². The van der Waals surface area contributed by atoms with E-state index < -0.39 is 17.5 Å². The maximum absolute atomic E-state index is 12.4. The fourth-order valence-electron chi connectivity index (χ4n) is 2.38. The molecule has 1 heterocycles. The van der Waals surface area contributed by atoms with E-state index >= 15 is 0 Å². The van der Waals surface area contributed by atoms with Crippen LogP contribution in [-0.2, 0) is 4.74 Å². The summed E-state index contributed by atoms with van der Waals surface area (Å²) in [5.41, 5.74) is 0.226. The number of benzene rings is 2. The molecule has 0 unspecified atom stereocenters. The highest BCUT2D eigenvalue weighted by Crippen LogP contribution is 2.20. The van der Waals surface area contributed by atoms with Crippen LogP contribution in [0.25, 0.3) is 11.0 Å². The summed E-state index contributed by atoms with van der Waals surface area (Å²) < 4.78 is 14.9. The molecule has 0 saturated heterocycles. The largest absolute Gasteiger partial charge is 0.497 e. The highest BCUT2D eigenvalue weighted by atomic mass is 16.5. The molecule has 2 aromatic carbocycles. The van der Waals surface area contributed by atoms with Crippen LogP contribution in [0.15, 0.2) is 57.7 Å². The van der Waals surface area contributed by atoms with Gasteiger partial charge >= 0.3 is 11.6 Å². The third kappa shape index (κ3) is 3.41. The summed E-state index contributed by atoms with van der Waals surface area (Å²) in [5, 5.41) is 3.19. The number of amides is 1. The molecule has 7 heteroatoms. The quantitative estimate of drug-likeness (QED) is 0.572. The predicted octanol–water partition coefficient (Wildman–Crippen LogP) is 2.84. The molecule has 0 spiro atoms. The summed E-state index contributed by atoms with van der Waals surface area (Å²) in [6.07, 6.45) is 0. The Balaban J connectivity index is 1.86. The van der Waals surface area contributed by atoms with Crippen LogP contribution in [0, 0.1) is 0 Å². The third-order valence-corrected chi connectivity index (χ3v) is 3.75. The number of esters is 1. The van der Waals surface area contributed by atoms with Crippen LogP contribution in [0.4, 0.5) is 5.69 Å². The lowest BCUT2D eigenvalue weighted by atomic mass is 10.1. The van der Waals surface area contributed by atoms with Gasteiger partial charge in [-0.3, -0.25) is 4.79 Å². The zero-order valence-corrected chi connectivity index (χ0v) is 14.1. The van der Waals surface area contributed by atoms with Gasteiger partial charge in [-0.15, -0.1) is 0 Å². The standard InChI is InChI=1S/C19H15NO6/c1-24-14-8-5-12-9-15(19(23)26-16(12)10-14)17(21)20-13-6-3-11(4-7-13)18(22)25-2/h3-10H,1-2H3,(H,20,21). The predicted molar refractivity (Wildman–Crippen MR) is 94.8 cm³/mol. The lowest BCUT2D eigenvalue weighted by molar-refractivity contribution is 0.0600. The summed E-state index contributed by atoms with van der Waals surface area (Å²) in [4.78, 5) is 35.9. The molecule has 0 fully saturated rings. The molecule has 26 heavy (non-hydrogen) atoms. The topological polar surface area (TPSA) is 94.8 Å². The number of fused-ring (bicyclic) bond motifs is 1. The Labute approximate surface area is 148 Å². The minimum absolute atomic E-state index is 0.125. The number of carbonyl (C=O) groups is 2. The number of carbonyl (C=O) groups excluding carboxylic acids is 2. The van der Waals surface area contributed by atoms with Crippen molar-refractivity contribution in [3.05, 3.63) is 70.1 Å². The van der Waals surface area contributed by atoms with Crippen molar-refractivity contribution in [2.24, 2.45) is 0 Å². The molecular weight excluding hydrogens is 338 g/mol. The second kappa shape index (κ2) is 7.10. The Kier molecular flexibility index (Phi) is 4.70. The van der Waals surface area contributed by atoms with Gasteiger partial charge in [0.15, 0.2) is 0 Å². The molecule has 3 aromatic rings. The van der Waals surface area contributed by atoms with Gasteiger partial charge in [-0.1, -0.05) is 0 Å². The molecule has 0 aliphatic carbocycles. The smallest absolute Gasteiger partial charge is 0.349 e. The zero-order valence-electron chi connectivity index (χ0n) is 14.1. The van der Waals surface area contributed by atoms with Crippen LogP contribution in [0.2, 0.25) is 0 Å². The van der Waals surface area contributed by atoms with E-state index in [4.69, 9.17) is 9.15 Å². The summed E-state index contributed by atoms with van der Waals surface area (Å²) in [6, 6.07) is 12.5. The molecule has 0 saturated carbocycles. The van der Waals surface area contributed by atoms with Gasteiger partial charge in [0.25, 0.3) is 5.91 Å². The number of ether oxygens (including phenoxy) is 2. The summed E-state index contributed by atoms with van der Waals surface area (Å²) in [5.74, 6) is -0.542. The fraction of sp³-hybridized carbons (Fsp3) is 0.105. The molecule has 0 atom stereocenters. The van der Waals surface area contributed by atoms with E-state index in [1.165, 1.54) is 44.6 Å². The van der Waals surface area contributed by atoms with Crippen LogP contribution in [0.1, 0.15) is 20.7 Å². The molecule has 0 aliphatic heterocycles. The zero-order chi connectivity index (χ0) is 18.7. The van der Waals surface area contributed by atoms with Gasteiger partial charge in [0.2, 0.25) is 0 Å². The van der Waals surface area contributed by atoms with Crippen molar-refractivity contribution in [1.29, 1.82) is 0 Å². The van der Waals surface area contributed by atoms with Gasteiger partial charge in [0, 0.05) is 17.1 Å². The Morgan fingerprint density at radius 3 is 2.38 bits per heavy atom. The Bertz CT molecular complexity index is 1040. The molecule has 1 N–H and O–H groups in total. The second-order valence-electron chi connectivity index (χ2n) is 5.37. The van der Waals surface area contributed by atoms with E-state index in [9.17, 15) is 14.4 Å². The van der Waals surface area contributed by atoms with Crippen molar-refractivity contribution < 1.29 is 23.5 Å². The molecule has 0 radical (unpaired) electrons. The van der Waals surface area contributed by atoms with Gasteiger partial charge in [0.1, 0.15) is 16.9 Å². The maximum atomic E-state index is 12.4. The average molecular weight is 353 g/mol. The third-order valence-electron chi connectivity index (χ3n) is 3.75.